The smallest absolute Gasteiger partial charge is 0.387 e. The molecule has 2 heterocycles. The van der Waals surface area contributed by atoms with Gasteiger partial charge in [0, 0.05) is 0 Å². The van der Waals surface area contributed by atoms with E-state index in [1.54, 1.807) is 0 Å². The van der Waals surface area contributed by atoms with Crippen LogP contribution in [-0.4, -0.2) is 21.2 Å². The monoisotopic (exact) mass is 263 g/mol. The highest BCUT2D eigenvalue weighted by Crippen LogP contribution is 2.18. The maximum Gasteiger partial charge on any atom is 0.387 e. The van der Waals surface area contributed by atoms with E-state index in [1.165, 1.54) is 23.1 Å². The molecule has 0 spiro atoms. The van der Waals surface area contributed by atoms with Crippen molar-refractivity contribution in [3.63, 3.8) is 0 Å². The highest BCUT2D eigenvalue weighted by molar-refractivity contribution is 9.10. The van der Waals surface area contributed by atoms with E-state index in [-0.39, 0.29) is 5.75 Å². The molecular weight excluding hydrogens is 260 g/mol. The van der Waals surface area contributed by atoms with E-state index in [1.807, 2.05) is 0 Å². The second-order valence-electron chi connectivity index (χ2n) is 2.43. The van der Waals surface area contributed by atoms with Crippen LogP contribution in [0.2, 0.25) is 0 Å². The van der Waals surface area contributed by atoms with Gasteiger partial charge in [0.15, 0.2) is 11.4 Å². The normalized spacial score (nSPS) is 11.1. The molecule has 14 heavy (non-hydrogen) atoms. The molecule has 7 heteroatoms. The summed E-state index contributed by atoms with van der Waals surface area (Å²) < 4.78 is 29.9. The number of alkyl halides is 2. The van der Waals surface area contributed by atoms with Crippen LogP contribution in [0, 0.1) is 0 Å². The first-order chi connectivity index (χ1) is 6.66. The van der Waals surface area contributed by atoms with Crippen molar-refractivity contribution in [1.82, 2.24) is 14.6 Å². The van der Waals surface area contributed by atoms with Crippen LogP contribution < -0.4 is 4.74 Å². The van der Waals surface area contributed by atoms with Gasteiger partial charge in [-0.05, 0) is 15.9 Å². The Morgan fingerprint density at radius 1 is 1.43 bits per heavy atom. The van der Waals surface area contributed by atoms with Gasteiger partial charge in [-0.1, -0.05) is 0 Å². The molecule has 0 fully saturated rings. The Morgan fingerprint density at radius 3 is 2.93 bits per heavy atom. The van der Waals surface area contributed by atoms with Crippen molar-refractivity contribution in [3.05, 3.63) is 23.1 Å². The van der Waals surface area contributed by atoms with Gasteiger partial charge in [-0.3, -0.25) is 0 Å². The molecule has 0 saturated carbocycles. The molecule has 2 aromatic heterocycles. The van der Waals surface area contributed by atoms with Gasteiger partial charge in [-0.2, -0.15) is 13.9 Å². The minimum Gasteiger partial charge on any atom is -0.432 e. The molecule has 0 aliphatic carbocycles. The van der Waals surface area contributed by atoms with E-state index in [0.717, 1.165) is 0 Å². The third kappa shape index (κ3) is 1.67. The molecule has 4 nitrogen and oxygen atoms in total. The molecule has 0 amide bonds. The fourth-order valence-corrected chi connectivity index (χ4v) is 1.37. The highest BCUT2D eigenvalue weighted by atomic mass is 79.9. The van der Waals surface area contributed by atoms with E-state index in [2.05, 4.69) is 30.7 Å². The van der Waals surface area contributed by atoms with Crippen LogP contribution >= 0.6 is 15.9 Å². The van der Waals surface area contributed by atoms with Crippen LogP contribution in [0.15, 0.2) is 23.1 Å². The van der Waals surface area contributed by atoms with Crippen LogP contribution in [0.25, 0.3) is 5.65 Å². The lowest BCUT2D eigenvalue weighted by Crippen LogP contribution is -2.03. The second-order valence-corrected chi connectivity index (χ2v) is 3.28. The number of hydrogen-bond donors (Lipinski definition) is 0. The fraction of sp³-hybridized carbons (Fsp3) is 0.143. The summed E-state index contributed by atoms with van der Waals surface area (Å²) in [6, 6.07) is 0. The zero-order valence-electron chi connectivity index (χ0n) is 6.69. The third-order valence-electron chi connectivity index (χ3n) is 1.51. The third-order valence-corrected chi connectivity index (χ3v) is 2.07. The number of fused-ring (bicyclic) bond motifs is 1. The van der Waals surface area contributed by atoms with Crippen molar-refractivity contribution >= 4 is 21.6 Å². The number of ether oxygens (including phenoxy) is 1. The first-order valence-electron chi connectivity index (χ1n) is 3.60. The van der Waals surface area contributed by atoms with E-state index >= 15 is 0 Å². The molecule has 0 aromatic carbocycles. The Hall–Kier alpha value is -1.24. The summed E-state index contributed by atoms with van der Waals surface area (Å²) in [5, 5.41) is 3.87. The highest BCUT2D eigenvalue weighted by Gasteiger charge is 2.07. The van der Waals surface area contributed by atoms with Crippen LogP contribution in [0.5, 0.6) is 5.75 Å². The van der Waals surface area contributed by atoms with Gasteiger partial charge < -0.3 is 4.74 Å². The van der Waals surface area contributed by atoms with E-state index in [4.69, 9.17) is 0 Å². The van der Waals surface area contributed by atoms with Crippen molar-refractivity contribution < 1.29 is 13.5 Å². The first-order valence-corrected chi connectivity index (χ1v) is 4.40. The van der Waals surface area contributed by atoms with Crippen LogP contribution in [0.3, 0.4) is 0 Å². The van der Waals surface area contributed by atoms with Gasteiger partial charge in [0.05, 0.1) is 23.1 Å². The van der Waals surface area contributed by atoms with Crippen molar-refractivity contribution in [2.75, 3.05) is 0 Å². The molecule has 0 aliphatic heterocycles. The Kier molecular flexibility index (Phi) is 2.32. The van der Waals surface area contributed by atoms with Crippen LogP contribution in [0.1, 0.15) is 0 Å². The fourth-order valence-electron chi connectivity index (χ4n) is 0.992. The summed E-state index contributed by atoms with van der Waals surface area (Å²) in [7, 11) is 0. The maximum atomic E-state index is 11.8. The minimum atomic E-state index is -2.85. The summed E-state index contributed by atoms with van der Waals surface area (Å²) in [5.41, 5.74) is 0.548. The first kappa shape index (κ1) is 9.32. The largest absolute Gasteiger partial charge is 0.432 e. The summed E-state index contributed by atoms with van der Waals surface area (Å²) in [4.78, 5) is 3.89. The zero-order chi connectivity index (χ0) is 10.1. The van der Waals surface area contributed by atoms with E-state index in [9.17, 15) is 8.78 Å². The maximum absolute atomic E-state index is 11.8. The summed E-state index contributed by atoms with van der Waals surface area (Å²) in [6.45, 7) is -2.85. The van der Waals surface area contributed by atoms with Gasteiger partial charge in [0.1, 0.15) is 0 Å². The molecule has 0 unspecified atom stereocenters. The summed E-state index contributed by atoms with van der Waals surface area (Å²) in [6.07, 6.45) is 4.07. The van der Waals surface area contributed by atoms with Crippen molar-refractivity contribution in [2.45, 2.75) is 6.61 Å². The number of aromatic nitrogens is 3. The Labute approximate surface area is 85.6 Å². The second kappa shape index (κ2) is 3.49. The lowest BCUT2D eigenvalue weighted by molar-refractivity contribution is -0.0503. The van der Waals surface area contributed by atoms with Crippen molar-refractivity contribution in [1.29, 1.82) is 0 Å². The number of halogens is 3. The molecule has 0 bridgehead atoms. The molecule has 0 aliphatic rings. The molecule has 0 saturated heterocycles. The lowest BCUT2D eigenvalue weighted by atomic mass is 10.6. The minimum absolute atomic E-state index is 0.0249. The molecule has 0 N–H and O–H groups in total. The molecule has 74 valence electrons. The number of hydrogen-bond acceptors (Lipinski definition) is 3. The SMILES string of the molecule is FC(F)Oc1cnc2c(Br)cnn2c1. The molecule has 0 radical (unpaired) electrons. The average molecular weight is 264 g/mol. The predicted octanol–water partition coefficient (Wildman–Crippen LogP) is 2.09. The van der Waals surface area contributed by atoms with E-state index in [0.29, 0.717) is 10.1 Å². The molecule has 2 aromatic rings. The molecule has 2 rings (SSSR count). The van der Waals surface area contributed by atoms with Gasteiger partial charge in [-0.25, -0.2) is 9.50 Å². The predicted molar refractivity (Wildman–Crippen MR) is 47.3 cm³/mol. The van der Waals surface area contributed by atoms with Crippen molar-refractivity contribution in [2.24, 2.45) is 0 Å². The number of rotatable bonds is 2. The Morgan fingerprint density at radius 2 is 2.21 bits per heavy atom. The van der Waals surface area contributed by atoms with Crippen molar-refractivity contribution in [3.8, 4) is 5.75 Å². The van der Waals surface area contributed by atoms with Gasteiger partial charge in [0.25, 0.3) is 0 Å². The average Bonchev–Trinajstić information content (AvgIpc) is 2.46. The molecular formula is C7H4BrF2N3O. The topological polar surface area (TPSA) is 39.4 Å². The zero-order valence-corrected chi connectivity index (χ0v) is 8.28. The number of nitrogens with zero attached hydrogens (tertiary/aromatic N) is 3. The Balaban J connectivity index is 2.42. The van der Waals surface area contributed by atoms with Gasteiger partial charge in [-0.15, -0.1) is 0 Å². The van der Waals surface area contributed by atoms with Gasteiger partial charge in [0.2, 0.25) is 0 Å². The summed E-state index contributed by atoms with van der Waals surface area (Å²) in [5.74, 6) is -0.0249. The molecule has 0 atom stereocenters. The van der Waals surface area contributed by atoms with Gasteiger partial charge >= 0.3 is 6.61 Å². The standard InChI is InChI=1S/C7H4BrF2N3O/c8-5-2-12-13-3-4(14-7(9)10)1-11-6(5)13/h1-3,7H. The van der Waals surface area contributed by atoms with Crippen LogP contribution in [0.4, 0.5) is 8.78 Å². The lowest BCUT2D eigenvalue weighted by Gasteiger charge is -2.03. The summed E-state index contributed by atoms with van der Waals surface area (Å²) >= 11 is 3.21. The van der Waals surface area contributed by atoms with E-state index < -0.39 is 6.61 Å². The Bertz CT molecular complexity index is 459. The van der Waals surface area contributed by atoms with Crippen LogP contribution in [-0.2, 0) is 0 Å². The quantitative estimate of drug-likeness (QED) is 0.833.